The lowest BCUT2D eigenvalue weighted by Gasteiger charge is -2.22. The summed E-state index contributed by atoms with van der Waals surface area (Å²) >= 11 is 0. The first-order valence-corrected chi connectivity index (χ1v) is 6.81. The molecule has 0 unspecified atom stereocenters. The van der Waals surface area contributed by atoms with Crippen molar-refractivity contribution < 1.29 is 4.79 Å². The second kappa shape index (κ2) is 5.87. The van der Waals surface area contributed by atoms with Gasteiger partial charge in [0.2, 0.25) is 0 Å². The number of anilines is 3. The molecule has 2 aromatic carbocycles. The van der Waals surface area contributed by atoms with Crippen LogP contribution in [0.5, 0.6) is 0 Å². The Kier molecular flexibility index (Phi) is 4.17. The van der Waals surface area contributed by atoms with E-state index in [-0.39, 0.29) is 5.91 Å². The monoisotopic (exact) mass is 283 g/mol. The third kappa shape index (κ3) is 3.16. The first-order valence-electron chi connectivity index (χ1n) is 6.81. The molecule has 0 heterocycles. The maximum Gasteiger partial charge on any atom is 0.253 e. The van der Waals surface area contributed by atoms with Crippen molar-refractivity contribution >= 4 is 23.0 Å². The smallest absolute Gasteiger partial charge is 0.253 e. The molecule has 21 heavy (non-hydrogen) atoms. The first-order chi connectivity index (χ1) is 9.90. The fraction of sp³-hybridized carbons (Fsp3) is 0.235. The molecule has 4 heteroatoms. The second-order valence-corrected chi connectivity index (χ2v) is 5.37. The van der Waals surface area contributed by atoms with E-state index in [4.69, 9.17) is 5.73 Å². The van der Waals surface area contributed by atoms with Crippen LogP contribution in [0.3, 0.4) is 0 Å². The Morgan fingerprint density at radius 2 is 1.76 bits per heavy atom. The van der Waals surface area contributed by atoms with Gasteiger partial charge in [0.15, 0.2) is 0 Å². The van der Waals surface area contributed by atoms with Gasteiger partial charge in [0.1, 0.15) is 0 Å². The van der Waals surface area contributed by atoms with Crippen molar-refractivity contribution in [1.29, 1.82) is 0 Å². The Balaban J connectivity index is 2.35. The van der Waals surface area contributed by atoms with Gasteiger partial charge in [-0.25, -0.2) is 0 Å². The van der Waals surface area contributed by atoms with Crippen molar-refractivity contribution in [1.82, 2.24) is 4.90 Å². The third-order valence-electron chi connectivity index (χ3n) is 3.43. The molecule has 0 aliphatic carbocycles. The predicted molar refractivity (Wildman–Crippen MR) is 88.1 cm³/mol. The molecule has 0 atom stereocenters. The van der Waals surface area contributed by atoms with Gasteiger partial charge in [-0.15, -0.1) is 0 Å². The van der Waals surface area contributed by atoms with Crippen LogP contribution in [0.4, 0.5) is 17.1 Å². The molecule has 0 radical (unpaired) electrons. The minimum atomic E-state index is -0.0496. The van der Waals surface area contributed by atoms with Crippen LogP contribution < -0.4 is 10.6 Å². The van der Waals surface area contributed by atoms with E-state index in [1.54, 1.807) is 31.1 Å². The summed E-state index contributed by atoms with van der Waals surface area (Å²) in [7, 11) is 5.42. The topological polar surface area (TPSA) is 49.6 Å². The minimum absolute atomic E-state index is 0.0496. The number of benzene rings is 2. The van der Waals surface area contributed by atoms with Gasteiger partial charge in [0.05, 0.1) is 11.4 Å². The lowest BCUT2D eigenvalue weighted by molar-refractivity contribution is 0.0827. The Bertz CT molecular complexity index is 665. The van der Waals surface area contributed by atoms with E-state index in [0.29, 0.717) is 11.3 Å². The highest BCUT2D eigenvalue weighted by molar-refractivity contribution is 5.96. The van der Waals surface area contributed by atoms with Gasteiger partial charge < -0.3 is 15.5 Å². The number of carbonyl (C=O) groups excluding carboxylic acids is 1. The molecule has 0 saturated carbocycles. The zero-order valence-corrected chi connectivity index (χ0v) is 12.9. The van der Waals surface area contributed by atoms with E-state index in [0.717, 1.165) is 11.4 Å². The summed E-state index contributed by atoms with van der Waals surface area (Å²) in [6.45, 7) is 2.06. The molecular weight excluding hydrogens is 262 g/mol. The lowest BCUT2D eigenvalue weighted by atomic mass is 10.1. The number of hydrogen-bond donors (Lipinski definition) is 1. The average molecular weight is 283 g/mol. The Labute approximate surface area is 125 Å². The largest absolute Gasteiger partial charge is 0.397 e. The number of nitrogens with two attached hydrogens (primary N) is 1. The predicted octanol–water partition coefficient (Wildman–Crippen LogP) is 3.05. The zero-order chi connectivity index (χ0) is 15.6. The molecule has 2 rings (SSSR count). The van der Waals surface area contributed by atoms with Gasteiger partial charge in [-0.05, 0) is 42.8 Å². The van der Waals surface area contributed by atoms with Crippen LogP contribution >= 0.6 is 0 Å². The first kappa shape index (κ1) is 14.9. The molecule has 0 bridgehead atoms. The fourth-order valence-electron chi connectivity index (χ4n) is 2.23. The van der Waals surface area contributed by atoms with Gasteiger partial charge in [0.25, 0.3) is 5.91 Å². The summed E-state index contributed by atoms with van der Waals surface area (Å²) < 4.78 is 0. The molecular formula is C17H21N3O. The maximum atomic E-state index is 11.9. The van der Waals surface area contributed by atoms with Crippen LogP contribution in [-0.2, 0) is 0 Å². The summed E-state index contributed by atoms with van der Waals surface area (Å²) in [6, 6.07) is 13.6. The SMILES string of the molecule is Cc1cccc(N(C)c2ccc(C(=O)N(C)C)cc2N)c1. The Morgan fingerprint density at radius 1 is 1.05 bits per heavy atom. The van der Waals surface area contributed by atoms with Crippen LogP contribution in [-0.4, -0.2) is 32.0 Å². The van der Waals surface area contributed by atoms with E-state index >= 15 is 0 Å². The van der Waals surface area contributed by atoms with Gasteiger partial charge in [-0.3, -0.25) is 4.79 Å². The van der Waals surface area contributed by atoms with Crippen LogP contribution in [0.15, 0.2) is 42.5 Å². The molecule has 2 N–H and O–H groups in total. The van der Waals surface area contributed by atoms with Crippen LogP contribution in [0, 0.1) is 6.92 Å². The molecule has 2 aromatic rings. The highest BCUT2D eigenvalue weighted by atomic mass is 16.2. The van der Waals surface area contributed by atoms with E-state index in [2.05, 4.69) is 19.1 Å². The molecule has 0 aromatic heterocycles. The molecule has 0 spiro atoms. The summed E-state index contributed by atoms with van der Waals surface area (Å²) in [4.78, 5) is 15.5. The van der Waals surface area contributed by atoms with E-state index in [9.17, 15) is 4.79 Å². The summed E-state index contributed by atoms with van der Waals surface area (Å²) in [6.07, 6.45) is 0. The highest BCUT2D eigenvalue weighted by Gasteiger charge is 2.13. The number of rotatable bonds is 3. The molecule has 0 aliphatic heterocycles. The summed E-state index contributed by atoms with van der Waals surface area (Å²) in [5.74, 6) is -0.0496. The molecule has 0 aliphatic rings. The van der Waals surface area contributed by atoms with Crippen molar-refractivity contribution in [3.05, 3.63) is 53.6 Å². The molecule has 110 valence electrons. The normalized spacial score (nSPS) is 10.3. The summed E-state index contributed by atoms with van der Waals surface area (Å²) in [5.41, 5.74) is 10.4. The molecule has 1 amide bonds. The standard InChI is InChI=1S/C17H21N3O/c1-12-6-5-7-14(10-12)20(4)16-9-8-13(11-15(16)18)17(21)19(2)3/h5-11H,18H2,1-4H3. The second-order valence-electron chi connectivity index (χ2n) is 5.37. The fourth-order valence-corrected chi connectivity index (χ4v) is 2.23. The van der Waals surface area contributed by atoms with Crippen molar-refractivity contribution in [3.8, 4) is 0 Å². The highest BCUT2D eigenvalue weighted by Crippen LogP contribution is 2.30. The average Bonchev–Trinajstić information content (AvgIpc) is 2.45. The number of nitrogens with zero attached hydrogens (tertiary/aromatic N) is 2. The number of nitrogen functional groups attached to an aromatic ring is 1. The quantitative estimate of drug-likeness (QED) is 0.881. The number of hydrogen-bond acceptors (Lipinski definition) is 3. The van der Waals surface area contributed by atoms with Crippen molar-refractivity contribution in [3.63, 3.8) is 0 Å². The van der Waals surface area contributed by atoms with Gasteiger partial charge >= 0.3 is 0 Å². The van der Waals surface area contributed by atoms with Gasteiger partial charge in [-0.1, -0.05) is 12.1 Å². The van der Waals surface area contributed by atoms with E-state index in [1.807, 2.05) is 30.1 Å². The van der Waals surface area contributed by atoms with Gasteiger partial charge in [-0.2, -0.15) is 0 Å². The third-order valence-corrected chi connectivity index (χ3v) is 3.43. The maximum absolute atomic E-state index is 11.9. The number of carbonyl (C=O) groups is 1. The molecule has 0 saturated heterocycles. The summed E-state index contributed by atoms with van der Waals surface area (Å²) in [5, 5.41) is 0. The molecule has 4 nitrogen and oxygen atoms in total. The molecule has 0 fully saturated rings. The van der Waals surface area contributed by atoms with E-state index in [1.165, 1.54) is 5.56 Å². The van der Waals surface area contributed by atoms with Crippen LogP contribution in [0.1, 0.15) is 15.9 Å². The van der Waals surface area contributed by atoms with Crippen molar-refractivity contribution in [2.75, 3.05) is 31.8 Å². The zero-order valence-electron chi connectivity index (χ0n) is 12.9. The minimum Gasteiger partial charge on any atom is -0.397 e. The Hall–Kier alpha value is -2.49. The number of aryl methyl sites for hydroxylation is 1. The Morgan fingerprint density at radius 3 is 2.33 bits per heavy atom. The van der Waals surface area contributed by atoms with Crippen LogP contribution in [0.25, 0.3) is 0 Å². The number of amides is 1. The van der Waals surface area contributed by atoms with Crippen molar-refractivity contribution in [2.45, 2.75) is 6.92 Å². The lowest BCUT2D eigenvalue weighted by Crippen LogP contribution is -2.22. The van der Waals surface area contributed by atoms with E-state index < -0.39 is 0 Å². The van der Waals surface area contributed by atoms with Crippen molar-refractivity contribution in [2.24, 2.45) is 0 Å². The van der Waals surface area contributed by atoms with Gasteiger partial charge in [0, 0.05) is 32.4 Å². The van der Waals surface area contributed by atoms with Crippen LogP contribution in [0.2, 0.25) is 0 Å².